The van der Waals surface area contributed by atoms with Crippen molar-refractivity contribution in [1.82, 2.24) is 4.98 Å². The molecule has 4 rings (SSSR count). The van der Waals surface area contributed by atoms with Crippen molar-refractivity contribution in [2.24, 2.45) is 0 Å². The number of benzene rings is 3. The van der Waals surface area contributed by atoms with Crippen LogP contribution in [0.2, 0.25) is 0 Å². The van der Waals surface area contributed by atoms with Gasteiger partial charge in [-0.05, 0) is 53.1 Å². The van der Waals surface area contributed by atoms with E-state index >= 15 is 0 Å². The summed E-state index contributed by atoms with van der Waals surface area (Å²) in [7, 11) is 0. The standard InChI is InChI=1S/C30H20F6N2O/c31-29(32,33)23-14-10-20(11-15-23)25(21-12-16-24(17-13-21)30(34,35)36)7-3-9-28(39)38-27-8-2-1-6-26(27)22-5-4-18-37-19-22/h1-19H,(H,38,39). The van der Waals surface area contributed by atoms with Crippen LogP contribution in [0.3, 0.4) is 0 Å². The van der Waals surface area contributed by atoms with E-state index < -0.39 is 29.4 Å². The van der Waals surface area contributed by atoms with Crippen LogP contribution in [0.1, 0.15) is 22.3 Å². The minimum atomic E-state index is -4.54. The Balaban J connectivity index is 1.62. The van der Waals surface area contributed by atoms with Gasteiger partial charge in [0.2, 0.25) is 5.91 Å². The predicted octanol–water partition coefficient (Wildman–Crippen LogP) is 8.41. The molecular weight excluding hydrogens is 518 g/mol. The van der Waals surface area contributed by atoms with E-state index in [1.54, 1.807) is 30.6 Å². The molecule has 1 amide bonds. The van der Waals surface area contributed by atoms with Gasteiger partial charge in [-0.3, -0.25) is 9.78 Å². The van der Waals surface area contributed by atoms with Gasteiger partial charge >= 0.3 is 12.4 Å². The van der Waals surface area contributed by atoms with Crippen LogP contribution >= 0.6 is 0 Å². The highest BCUT2D eigenvalue weighted by molar-refractivity contribution is 6.02. The molecule has 0 fully saturated rings. The van der Waals surface area contributed by atoms with Crippen LogP contribution < -0.4 is 5.32 Å². The van der Waals surface area contributed by atoms with Crippen molar-refractivity contribution in [2.45, 2.75) is 12.4 Å². The number of hydrogen-bond donors (Lipinski definition) is 1. The van der Waals surface area contributed by atoms with E-state index in [0.717, 1.165) is 35.4 Å². The van der Waals surface area contributed by atoms with Gasteiger partial charge in [-0.1, -0.05) is 60.7 Å². The number of nitrogens with one attached hydrogen (secondary N) is 1. The number of halogens is 6. The highest BCUT2D eigenvalue weighted by atomic mass is 19.4. The van der Waals surface area contributed by atoms with Gasteiger partial charge in [0.1, 0.15) is 0 Å². The van der Waals surface area contributed by atoms with E-state index in [1.165, 1.54) is 42.5 Å². The van der Waals surface area contributed by atoms with E-state index in [4.69, 9.17) is 0 Å². The van der Waals surface area contributed by atoms with Gasteiger partial charge in [-0.25, -0.2) is 0 Å². The minimum Gasteiger partial charge on any atom is -0.322 e. The lowest BCUT2D eigenvalue weighted by atomic mass is 9.95. The fourth-order valence-electron chi connectivity index (χ4n) is 3.81. The minimum absolute atomic E-state index is 0.328. The topological polar surface area (TPSA) is 42.0 Å². The Bertz CT molecular complexity index is 1430. The predicted molar refractivity (Wildman–Crippen MR) is 137 cm³/mol. The first-order valence-electron chi connectivity index (χ1n) is 11.6. The summed E-state index contributed by atoms with van der Waals surface area (Å²) in [6.45, 7) is 0. The molecule has 0 unspecified atom stereocenters. The second kappa shape index (κ2) is 11.4. The van der Waals surface area contributed by atoms with E-state index in [0.29, 0.717) is 22.4 Å². The summed E-state index contributed by atoms with van der Waals surface area (Å²) in [5, 5.41) is 2.78. The highest BCUT2D eigenvalue weighted by Crippen LogP contribution is 2.34. The van der Waals surface area contributed by atoms with Crippen LogP contribution in [0.15, 0.2) is 116 Å². The van der Waals surface area contributed by atoms with Gasteiger partial charge in [-0.15, -0.1) is 0 Å². The average Bonchev–Trinajstić information content (AvgIpc) is 2.91. The van der Waals surface area contributed by atoms with E-state index in [9.17, 15) is 31.1 Å². The number of para-hydroxylation sites is 1. The maximum Gasteiger partial charge on any atom is 0.416 e. The average molecular weight is 538 g/mol. The molecule has 0 bridgehead atoms. The van der Waals surface area contributed by atoms with Crippen LogP contribution in [-0.2, 0) is 17.1 Å². The summed E-state index contributed by atoms with van der Waals surface area (Å²) in [6.07, 6.45) is -1.74. The maximum atomic E-state index is 13.0. The Labute approximate surface area is 220 Å². The third kappa shape index (κ3) is 7.01. The normalized spacial score (nSPS) is 11.8. The number of rotatable bonds is 6. The van der Waals surface area contributed by atoms with Crippen LogP contribution in [0.4, 0.5) is 32.0 Å². The van der Waals surface area contributed by atoms with Crippen molar-refractivity contribution in [3.63, 3.8) is 0 Å². The van der Waals surface area contributed by atoms with E-state index in [2.05, 4.69) is 10.3 Å². The monoisotopic (exact) mass is 538 g/mol. The number of hydrogen-bond acceptors (Lipinski definition) is 2. The van der Waals surface area contributed by atoms with Crippen molar-refractivity contribution < 1.29 is 31.1 Å². The van der Waals surface area contributed by atoms with Gasteiger partial charge in [0.05, 0.1) is 11.1 Å². The molecule has 3 nitrogen and oxygen atoms in total. The molecular formula is C30H20F6N2O. The number of nitrogens with zero attached hydrogens (tertiary/aromatic N) is 1. The quantitative estimate of drug-likeness (QED) is 0.152. The second-order valence-electron chi connectivity index (χ2n) is 8.37. The van der Waals surface area contributed by atoms with Crippen molar-refractivity contribution in [3.8, 4) is 11.1 Å². The summed E-state index contributed by atoms with van der Waals surface area (Å²) in [6, 6.07) is 19.2. The molecule has 0 radical (unpaired) electrons. The first kappa shape index (κ1) is 27.4. The Morgan fingerprint density at radius 3 is 1.79 bits per heavy atom. The van der Waals surface area contributed by atoms with Crippen LogP contribution in [0, 0.1) is 0 Å². The first-order chi connectivity index (χ1) is 18.5. The molecule has 39 heavy (non-hydrogen) atoms. The van der Waals surface area contributed by atoms with Crippen LogP contribution in [0.25, 0.3) is 16.7 Å². The molecule has 0 atom stereocenters. The van der Waals surface area contributed by atoms with Gasteiger partial charge in [0.15, 0.2) is 0 Å². The maximum absolute atomic E-state index is 13.0. The second-order valence-corrected chi connectivity index (χ2v) is 8.37. The number of carbonyl (C=O) groups is 1. The summed E-state index contributed by atoms with van der Waals surface area (Å²) in [5.74, 6) is -0.484. The molecule has 9 heteroatoms. The van der Waals surface area contributed by atoms with Gasteiger partial charge in [0.25, 0.3) is 0 Å². The zero-order chi connectivity index (χ0) is 28.0. The van der Waals surface area contributed by atoms with Crippen molar-refractivity contribution in [2.75, 3.05) is 5.32 Å². The molecule has 0 aliphatic heterocycles. The number of alkyl halides is 6. The lowest BCUT2D eigenvalue weighted by molar-refractivity contribution is -0.138. The number of pyridine rings is 1. The summed E-state index contributed by atoms with van der Waals surface area (Å²) in [4.78, 5) is 16.8. The van der Waals surface area contributed by atoms with Gasteiger partial charge in [-0.2, -0.15) is 26.3 Å². The molecule has 1 heterocycles. The van der Waals surface area contributed by atoms with Crippen molar-refractivity contribution in [3.05, 3.63) is 138 Å². The molecule has 1 aromatic heterocycles. The third-order valence-electron chi connectivity index (χ3n) is 5.71. The number of carbonyl (C=O) groups excluding carboxylic acids is 1. The Kier molecular flexibility index (Phi) is 7.99. The van der Waals surface area contributed by atoms with Gasteiger partial charge in [0, 0.05) is 35.3 Å². The zero-order valence-corrected chi connectivity index (χ0v) is 20.1. The van der Waals surface area contributed by atoms with Crippen LogP contribution in [-0.4, -0.2) is 10.9 Å². The fourth-order valence-corrected chi connectivity index (χ4v) is 3.81. The number of anilines is 1. The Morgan fingerprint density at radius 2 is 1.28 bits per heavy atom. The summed E-state index contributed by atoms with van der Waals surface area (Å²) < 4.78 is 78.2. The lowest BCUT2D eigenvalue weighted by Gasteiger charge is -2.12. The SMILES string of the molecule is O=C(C=CC=C(c1ccc(C(F)(F)F)cc1)c1ccc(C(F)(F)F)cc1)Nc1ccccc1-c1cccnc1. The Hall–Kier alpha value is -4.66. The highest BCUT2D eigenvalue weighted by Gasteiger charge is 2.31. The summed E-state index contributed by atoms with van der Waals surface area (Å²) in [5.41, 5.74) is 1.35. The molecule has 0 saturated carbocycles. The molecule has 1 N–H and O–H groups in total. The van der Waals surface area contributed by atoms with Crippen molar-refractivity contribution >= 4 is 17.2 Å². The van der Waals surface area contributed by atoms with E-state index in [-0.39, 0.29) is 0 Å². The fraction of sp³-hybridized carbons (Fsp3) is 0.0667. The zero-order valence-electron chi connectivity index (χ0n) is 20.1. The largest absolute Gasteiger partial charge is 0.416 e. The first-order valence-corrected chi connectivity index (χ1v) is 11.6. The molecule has 0 aliphatic rings. The smallest absolute Gasteiger partial charge is 0.322 e. The number of allylic oxidation sites excluding steroid dienone is 2. The lowest BCUT2D eigenvalue weighted by Crippen LogP contribution is -2.08. The molecule has 0 saturated heterocycles. The molecule has 4 aromatic rings. The van der Waals surface area contributed by atoms with Crippen LogP contribution in [0.5, 0.6) is 0 Å². The van der Waals surface area contributed by atoms with Gasteiger partial charge < -0.3 is 5.32 Å². The third-order valence-corrected chi connectivity index (χ3v) is 5.71. The van der Waals surface area contributed by atoms with E-state index in [1.807, 2.05) is 18.2 Å². The molecule has 0 aliphatic carbocycles. The number of amides is 1. The Morgan fingerprint density at radius 1 is 0.718 bits per heavy atom. The molecule has 0 spiro atoms. The molecule has 3 aromatic carbocycles. The summed E-state index contributed by atoms with van der Waals surface area (Å²) >= 11 is 0. The number of aromatic nitrogens is 1. The molecule has 198 valence electrons. The van der Waals surface area contributed by atoms with Crippen molar-refractivity contribution in [1.29, 1.82) is 0 Å².